The predicted molar refractivity (Wildman–Crippen MR) is 53.0 cm³/mol. The van der Waals surface area contributed by atoms with E-state index in [1.54, 1.807) is 6.92 Å². The van der Waals surface area contributed by atoms with Crippen LogP contribution >= 0.6 is 0 Å². The fourth-order valence-corrected chi connectivity index (χ4v) is 1.13. The fraction of sp³-hybridized carbons (Fsp3) is 0.900. The van der Waals surface area contributed by atoms with Gasteiger partial charge in [0.1, 0.15) is 6.61 Å². The van der Waals surface area contributed by atoms with Gasteiger partial charge in [-0.15, -0.1) is 0 Å². The number of rotatable bonds is 8. The van der Waals surface area contributed by atoms with Crippen molar-refractivity contribution < 1.29 is 14.3 Å². The molecule has 1 N–H and O–H groups in total. The molecule has 0 aliphatic heterocycles. The maximum atomic E-state index is 10.8. The zero-order valence-corrected chi connectivity index (χ0v) is 8.75. The molecule has 4 nitrogen and oxygen atoms in total. The molecule has 0 aromatic rings. The lowest BCUT2D eigenvalue weighted by Gasteiger charge is -2.05. The van der Waals surface area contributed by atoms with Gasteiger partial charge in [0.25, 0.3) is 0 Å². The molecule has 82 valence electrons. The second kappa shape index (κ2) is 6.79. The molecule has 0 spiro atoms. The van der Waals surface area contributed by atoms with Gasteiger partial charge in [0.05, 0.1) is 13.2 Å². The van der Waals surface area contributed by atoms with E-state index >= 15 is 0 Å². The Hall–Kier alpha value is -0.610. The zero-order chi connectivity index (χ0) is 10.2. The molecule has 0 saturated heterocycles. The molecule has 0 aromatic carbocycles. The van der Waals surface area contributed by atoms with Gasteiger partial charge in [0.2, 0.25) is 0 Å². The number of esters is 1. The minimum absolute atomic E-state index is 0.0684. The average Bonchev–Trinajstić information content (AvgIpc) is 2.95. The van der Waals surface area contributed by atoms with Crippen molar-refractivity contribution in [1.29, 1.82) is 0 Å². The molecule has 0 bridgehead atoms. The number of carbonyl (C=O) groups excluding carboxylic acids is 1. The van der Waals surface area contributed by atoms with E-state index in [-0.39, 0.29) is 12.6 Å². The Morgan fingerprint density at radius 1 is 1.50 bits per heavy atom. The highest BCUT2D eigenvalue weighted by Crippen LogP contribution is 2.27. The normalized spacial score (nSPS) is 15.5. The van der Waals surface area contributed by atoms with Crippen LogP contribution in [0.15, 0.2) is 0 Å². The van der Waals surface area contributed by atoms with Crippen LogP contribution in [0.2, 0.25) is 0 Å². The summed E-state index contributed by atoms with van der Waals surface area (Å²) >= 11 is 0. The fourth-order valence-electron chi connectivity index (χ4n) is 1.13. The van der Waals surface area contributed by atoms with Crippen LogP contribution in [-0.4, -0.2) is 38.9 Å². The third-order valence-electron chi connectivity index (χ3n) is 2.08. The third kappa shape index (κ3) is 5.94. The van der Waals surface area contributed by atoms with Crippen LogP contribution in [0.5, 0.6) is 0 Å². The molecule has 1 aliphatic carbocycles. The van der Waals surface area contributed by atoms with Crippen LogP contribution in [0.25, 0.3) is 0 Å². The number of hydrogen-bond acceptors (Lipinski definition) is 4. The lowest BCUT2D eigenvalue weighted by Crippen LogP contribution is -2.23. The van der Waals surface area contributed by atoms with Crippen molar-refractivity contribution in [2.24, 2.45) is 5.92 Å². The molecular formula is C10H19NO3. The van der Waals surface area contributed by atoms with Gasteiger partial charge in [0, 0.05) is 6.54 Å². The largest absolute Gasteiger partial charge is 0.464 e. The van der Waals surface area contributed by atoms with Gasteiger partial charge in [0.15, 0.2) is 0 Å². The highest BCUT2D eigenvalue weighted by atomic mass is 16.6. The van der Waals surface area contributed by atoms with Gasteiger partial charge in [-0.05, 0) is 32.2 Å². The van der Waals surface area contributed by atoms with Crippen molar-refractivity contribution in [2.45, 2.75) is 19.8 Å². The SMILES string of the molecule is CCOC(=O)COCCNCC1CC1. The molecule has 1 saturated carbocycles. The first kappa shape index (κ1) is 11.5. The highest BCUT2D eigenvalue weighted by molar-refractivity contribution is 5.70. The standard InChI is InChI=1S/C10H19NO3/c1-2-14-10(12)8-13-6-5-11-7-9-3-4-9/h9,11H,2-8H2,1H3. The first-order chi connectivity index (χ1) is 6.83. The van der Waals surface area contributed by atoms with Crippen LogP contribution in [0, 0.1) is 5.92 Å². The quantitative estimate of drug-likeness (QED) is 0.460. The van der Waals surface area contributed by atoms with Crippen molar-refractivity contribution in [2.75, 3.05) is 32.9 Å². The number of hydrogen-bond donors (Lipinski definition) is 1. The molecule has 0 aromatic heterocycles. The molecule has 4 heteroatoms. The summed E-state index contributed by atoms with van der Waals surface area (Å²) in [5, 5.41) is 3.28. The molecule has 1 rings (SSSR count). The van der Waals surface area contributed by atoms with Gasteiger partial charge in [-0.2, -0.15) is 0 Å². The molecule has 1 fully saturated rings. The van der Waals surface area contributed by atoms with E-state index in [0.29, 0.717) is 13.2 Å². The monoisotopic (exact) mass is 201 g/mol. The summed E-state index contributed by atoms with van der Waals surface area (Å²) in [5.74, 6) is 0.606. The zero-order valence-electron chi connectivity index (χ0n) is 8.75. The Morgan fingerprint density at radius 3 is 2.93 bits per heavy atom. The first-order valence-corrected chi connectivity index (χ1v) is 5.27. The molecule has 14 heavy (non-hydrogen) atoms. The molecule has 0 unspecified atom stereocenters. The summed E-state index contributed by atoms with van der Waals surface area (Å²) in [6.45, 7) is 4.75. The maximum absolute atomic E-state index is 10.8. The summed E-state index contributed by atoms with van der Waals surface area (Å²) in [4.78, 5) is 10.8. The molecule has 1 aliphatic rings. The van der Waals surface area contributed by atoms with E-state index in [9.17, 15) is 4.79 Å². The van der Waals surface area contributed by atoms with Gasteiger partial charge >= 0.3 is 5.97 Å². The van der Waals surface area contributed by atoms with Gasteiger partial charge in [-0.1, -0.05) is 0 Å². The Bertz CT molecular complexity index is 169. The first-order valence-electron chi connectivity index (χ1n) is 5.27. The minimum Gasteiger partial charge on any atom is -0.464 e. The Labute approximate surface area is 85.0 Å². The van der Waals surface area contributed by atoms with Crippen molar-refractivity contribution in [3.63, 3.8) is 0 Å². The van der Waals surface area contributed by atoms with E-state index in [0.717, 1.165) is 19.0 Å². The minimum atomic E-state index is -0.283. The van der Waals surface area contributed by atoms with Crippen molar-refractivity contribution in [1.82, 2.24) is 5.32 Å². The van der Waals surface area contributed by atoms with Crippen molar-refractivity contribution in [3.8, 4) is 0 Å². The lowest BCUT2D eigenvalue weighted by molar-refractivity contribution is -0.148. The topological polar surface area (TPSA) is 47.6 Å². The van der Waals surface area contributed by atoms with E-state index in [2.05, 4.69) is 5.32 Å². The van der Waals surface area contributed by atoms with E-state index in [1.165, 1.54) is 12.8 Å². The number of carbonyl (C=O) groups is 1. The third-order valence-corrected chi connectivity index (χ3v) is 2.08. The molecule has 0 atom stereocenters. The Morgan fingerprint density at radius 2 is 2.29 bits per heavy atom. The smallest absolute Gasteiger partial charge is 0.332 e. The summed E-state index contributed by atoms with van der Waals surface area (Å²) in [6.07, 6.45) is 2.72. The van der Waals surface area contributed by atoms with Gasteiger partial charge in [-0.25, -0.2) is 4.79 Å². The molecule has 0 radical (unpaired) electrons. The van der Waals surface area contributed by atoms with Crippen LogP contribution in [0.3, 0.4) is 0 Å². The number of nitrogens with one attached hydrogen (secondary N) is 1. The second-order valence-electron chi connectivity index (χ2n) is 3.51. The summed E-state index contributed by atoms with van der Waals surface area (Å²) < 4.78 is 9.83. The summed E-state index contributed by atoms with van der Waals surface area (Å²) in [5.41, 5.74) is 0. The molecule has 0 amide bonds. The number of ether oxygens (including phenoxy) is 2. The van der Waals surface area contributed by atoms with E-state index in [1.807, 2.05) is 0 Å². The Kier molecular flexibility index (Phi) is 5.56. The Balaban J connectivity index is 1.76. The van der Waals surface area contributed by atoms with Crippen molar-refractivity contribution >= 4 is 5.97 Å². The summed E-state index contributed by atoms with van der Waals surface area (Å²) in [7, 11) is 0. The van der Waals surface area contributed by atoms with Crippen LogP contribution in [0.4, 0.5) is 0 Å². The van der Waals surface area contributed by atoms with Gasteiger partial charge in [-0.3, -0.25) is 0 Å². The van der Waals surface area contributed by atoms with E-state index in [4.69, 9.17) is 9.47 Å². The van der Waals surface area contributed by atoms with Crippen LogP contribution in [-0.2, 0) is 14.3 Å². The van der Waals surface area contributed by atoms with Crippen LogP contribution < -0.4 is 5.32 Å². The lowest BCUT2D eigenvalue weighted by atomic mass is 10.4. The van der Waals surface area contributed by atoms with Crippen LogP contribution in [0.1, 0.15) is 19.8 Å². The average molecular weight is 201 g/mol. The molecular weight excluding hydrogens is 182 g/mol. The summed E-state index contributed by atoms with van der Waals surface area (Å²) in [6, 6.07) is 0. The predicted octanol–water partition coefficient (Wildman–Crippen LogP) is 0.566. The van der Waals surface area contributed by atoms with Crippen molar-refractivity contribution in [3.05, 3.63) is 0 Å². The maximum Gasteiger partial charge on any atom is 0.332 e. The highest BCUT2D eigenvalue weighted by Gasteiger charge is 2.19. The second-order valence-corrected chi connectivity index (χ2v) is 3.51. The van der Waals surface area contributed by atoms with Gasteiger partial charge < -0.3 is 14.8 Å². The molecule has 0 heterocycles. The van der Waals surface area contributed by atoms with E-state index < -0.39 is 0 Å².